The van der Waals surface area contributed by atoms with E-state index >= 15 is 0 Å². The van der Waals surface area contributed by atoms with Crippen LogP contribution >= 0.6 is 11.6 Å². The monoisotopic (exact) mass is 427 g/mol. The van der Waals surface area contributed by atoms with Crippen molar-refractivity contribution < 1.29 is 22.9 Å². The number of esters is 1. The molecule has 0 radical (unpaired) electrons. The number of carbonyl (C=O) groups excluding carboxylic acids is 1. The first-order valence-corrected chi connectivity index (χ1v) is 9.82. The van der Waals surface area contributed by atoms with Gasteiger partial charge in [0.1, 0.15) is 18.8 Å². The lowest BCUT2D eigenvalue weighted by molar-refractivity contribution is -0.384. The van der Waals surface area contributed by atoms with Gasteiger partial charge in [-0.05, 0) is 18.2 Å². The highest BCUT2D eigenvalue weighted by molar-refractivity contribution is 7.89. The number of anilines is 1. The van der Waals surface area contributed by atoms with E-state index in [0.717, 1.165) is 6.07 Å². The van der Waals surface area contributed by atoms with Crippen molar-refractivity contribution in [3.8, 4) is 0 Å². The minimum Gasteiger partial charge on any atom is -0.460 e. The number of nitro groups is 1. The van der Waals surface area contributed by atoms with E-state index in [1.54, 1.807) is 38.4 Å². The van der Waals surface area contributed by atoms with Crippen molar-refractivity contribution in [2.24, 2.45) is 0 Å². The zero-order chi connectivity index (χ0) is 20.9. The molecular weight excluding hydrogens is 410 g/mol. The molecule has 0 fully saturated rings. The number of hydrogen-bond donors (Lipinski definition) is 1. The van der Waals surface area contributed by atoms with Crippen molar-refractivity contribution in [3.05, 3.63) is 63.2 Å². The Hall–Kier alpha value is -2.69. The van der Waals surface area contributed by atoms with E-state index in [9.17, 15) is 23.3 Å². The largest absolute Gasteiger partial charge is 0.460 e. The molecule has 2 rings (SSSR count). The van der Waals surface area contributed by atoms with E-state index in [0.29, 0.717) is 10.6 Å². The van der Waals surface area contributed by atoms with Crippen molar-refractivity contribution >= 4 is 39.0 Å². The molecule has 2 aromatic carbocycles. The predicted molar refractivity (Wildman–Crippen MR) is 104 cm³/mol. The van der Waals surface area contributed by atoms with E-state index in [1.807, 2.05) is 0 Å². The van der Waals surface area contributed by atoms with Crippen LogP contribution in [0.4, 0.5) is 11.4 Å². The lowest BCUT2D eigenvalue weighted by Crippen LogP contribution is -2.30. The van der Waals surface area contributed by atoms with Crippen molar-refractivity contribution in [2.75, 3.05) is 25.5 Å². The number of nitro benzene ring substituents is 1. The van der Waals surface area contributed by atoms with Crippen molar-refractivity contribution in [1.29, 1.82) is 0 Å². The summed E-state index contributed by atoms with van der Waals surface area (Å²) in [5, 5.41) is 11.6. The van der Waals surface area contributed by atoms with Crippen molar-refractivity contribution in [2.45, 2.75) is 11.5 Å². The summed E-state index contributed by atoms with van der Waals surface area (Å²) >= 11 is 5.95. The smallest absolute Gasteiger partial charge is 0.321 e. The van der Waals surface area contributed by atoms with E-state index < -0.39 is 27.5 Å². The topological polar surface area (TPSA) is 119 Å². The summed E-state index contributed by atoms with van der Waals surface area (Å²) in [6.45, 7) is -0.737. The molecule has 0 saturated carbocycles. The number of benzene rings is 2. The maximum Gasteiger partial charge on any atom is 0.321 e. The van der Waals surface area contributed by atoms with Crippen LogP contribution in [0.5, 0.6) is 0 Å². The Morgan fingerprint density at radius 2 is 1.93 bits per heavy atom. The Labute approximate surface area is 167 Å². The van der Waals surface area contributed by atoms with Gasteiger partial charge in [-0.1, -0.05) is 29.8 Å². The number of carbonyl (C=O) groups is 1. The Morgan fingerprint density at radius 1 is 1.25 bits per heavy atom. The number of nitrogens with zero attached hydrogens (tertiary/aromatic N) is 2. The van der Waals surface area contributed by atoms with Gasteiger partial charge < -0.3 is 9.64 Å². The highest BCUT2D eigenvalue weighted by Gasteiger charge is 2.23. The summed E-state index contributed by atoms with van der Waals surface area (Å²) in [6, 6.07) is 10.2. The molecular formula is C17H18ClN3O6S. The number of ether oxygens (including phenoxy) is 1. The third kappa shape index (κ3) is 5.41. The van der Waals surface area contributed by atoms with Gasteiger partial charge >= 0.3 is 5.97 Å². The minimum atomic E-state index is -4.14. The number of sulfonamides is 1. The molecule has 0 saturated heterocycles. The molecule has 0 unspecified atom stereocenters. The van der Waals surface area contributed by atoms with Crippen LogP contribution in [-0.2, 0) is 26.2 Å². The number of hydrogen-bond acceptors (Lipinski definition) is 7. The van der Waals surface area contributed by atoms with Crippen LogP contribution in [-0.4, -0.2) is 40.0 Å². The fourth-order valence-corrected chi connectivity index (χ4v) is 3.44. The molecule has 0 heterocycles. The van der Waals surface area contributed by atoms with Gasteiger partial charge in [-0.3, -0.25) is 14.9 Å². The zero-order valence-electron chi connectivity index (χ0n) is 15.1. The average molecular weight is 428 g/mol. The molecule has 28 heavy (non-hydrogen) atoms. The first-order chi connectivity index (χ1) is 13.1. The first kappa shape index (κ1) is 21.6. The standard InChI is InChI=1S/C17H18ClN3O6S/c1-20(2)15-8-7-13(9-16(15)21(23)24)28(25,26)19-10-17(22)27-11-12-5-3-4-6-14(12)18/h3-9,19H,10-11H2,1-2H3. The van der Waals surface area contributed by atoms with Crippen LogP contribution in [0.3, 0.4) is 0 Å². The van der Waals surface area contributed by atoms with E-state index in [-0.39, 0.29) is 22.9 Å². The second-order valence-electron chi connectivity index (χ2n) is 5.88. The molecule has 0 bridgehead atoms. The molecule has 0 aliphatic rings. The van der Waals surface area contributed by atoms with Gasteiger partial charge in [0.15, 0.2) is 0 Å². The van der Waals surface area contributed by atoms with Gasteiger partial charge in [0.05, 0.1) is 9.82 Å². The van der Waals surface area contributed by atoms with Crippen LogP contribution < -0.4 is 9.62 Å². The number of rotatable bonds is 8. The Morgan fingerprint density at radius 3 is 2.54 bits per heavy atom. The van der Waals surface area contributed by atoms with E-state index in [4.69, 9.17) is 16.3 Å². The first-order valence-electron chi connectivity index (χ1n) is 7.96. The van der Waals surface area contributed by atoms with Gasteiger partial charge in [-0.25, -0.2) is 8.42 Å². The summed E-state index contributed by atoms with van der Waals surface area (Å²) in [4.78, 5) is 23.5. The summed E-state index contributed by atoms with van der Waals surface area (Å²) in [7, 11) is -0.943. The molecule has 1 N–H and O–H groups in total. The molecule has 9 nitrogen and oxygen atoms in total. The van der Waals surface area contributed by atoms with E-state index in [1.165, 1.54) is 17.0 Å². The number of halogens is 1. The normalized spacial score (nSPS) is 11.1. The maximum atomic E-state index is 12.3. The van der Waals surface area contributed by atoms with Gasteiger partial charge in [0, 0.05) is 30.7 Å². The van der Waals surface area contributed by atoms with Crippen LogP contribution in [0.15, 0.2) is 47.4 Å². The quantitative estimate of drug-likeness (QED) is 0.390. The second kappa shape index (κ2) is 9.00. The third-order valence-electron chi connectivity index (χ3n) is 3.69. The molecule has 2 aromatic rings. The zero-order valence-corrected chi connectivity index (χ0v) is 16.7. The fourth-order valence-electron chi connectivity index (χ4n) is 2.26. The molecule has 0 atom stereocenters. The Kier molecular flexibility index (Phi) is 6.95. The molecule has 0 aliphatic carbocycles. The molecule has 0 amide bonds. The second-order valence-corrected chi connectivity index (χ2v) is 8.05. The summed E-state index contributed by atoms with van der Waals surface area (Å²) in [5.74, 6) is -0.817. The third-order valence-corrected chi connectivity index (χ3v) is 5.46. The summed E-state index contributed by atoms with van der Waals surface area (Å²) < 4.78 is 31.7. The predicted octanol–water partition coefficient (Wildman–Crippen LogP) is 2.34. The average Bonchev–Trinajstić information content (AvgIpc) is 2.65. The SMILES string of the molecule is CN(C)c1ccc(S(=O)(=O)NCC(=O)OCc2ccccc2Cl)cc1[N+](=O)[O-]. The van der Waals surface area contributed by atoms with Crippen LogP contribution in [0, 0.1) is 10.1 Å². The Bertz CT molecular complexity index is 994. The van der Waals surface area contributed by atoms with Crippen LogP contribution in [0.1, 0.15) is 5.56 Å². The summed E-state index contributed by atoms with van der Waals surface area (Å²) in [5.41, 5.74) is 0.465. The highest BCUT2D eigenvalue weighted by Crippen LogP contribution is 2.29. The van der Waals surface area contributed by atoms with Gasteiger partial charge in [0.25, 0.3) is 5.69 Å². The summed E-state index contributed by atoms with van der Waals surface area (Å²) in [6.07, 6.45) is 0. The molecule has 0 aromatic heterocycles. The molecule has 0 aliphatic heterocycles. The molecule has 11 heteroatoms. The van der Waals surface area contributed by atoms with Gasteiger partial charge in [-0.15, -0.1) is 0 Å². The minimum absolute atomic E-state index is 0.108. The molecule has 0 spiro atoms. The fraction of sp³-hybridized carbons (Fsp3) is 0.235. The molecule has 150 valence electrons. The van der Waals surface area contributed by atoms with Crippen molar-refractivity contribution in [3.63, 3.8) is 0 Å². The number of nitrogens with one attached hydrogen (secondary N) is 1. The highest BCUT2D eigenvalue weighted by atomic mass is 35.5. The van der Waals surface area contributed by atoms with E-state index in [2.05, 4.69) is 4.72 Å². The lowest BCUT2D eigenvalue weighted by atomic mass is 10.2. The Balaban J connectivity index is 2.05. The van der Waals surface area contributed by atoms with Gasteiger partial charge in [0.2, 0.25) is 10.0 Å². The van der Waals surface area contributed by atoms with Crippen LogP contribution in [0.25, 0.3) is 0 Å². The lowest BCUT2D eigenvalue weighted by Gasteiger charge is -2.14. The van der Waals surface area contributed by atoms with Crippen LogP contribution in [0.2, 0.25) is 5.02 Å². The van der Waals surface area contributed by atoms with Gasteiger partial charge in [-0.2, -0.15) is 4.72 Å². The maximum absolute atomic E-state index is 12.3. The van der Waals surface area contributed by atoms with Crippen molar-refractivity contribution in [1.82, 2.24) is 4.72 Å².